The molecule has 1 aliphatic carbocycles. The fraction of sp³-hybridized carbons (Fsp3) is 0.350. The van der Waals surface area contributed by atoms with E-state index in [1.54, 1.807) is 12.1 Å². The number of fused-ring (bicyclic) bond motifs is 2. The van der Waals surface area contributed by atoms with Gasteiger partial charge in [0.1, 0.15) is 0 Å². The number of carbonyl (C=O) groups excluding carboxylic acids is 2. The Labute approximate surface area is 263 Å². The van der Waals surface area contributed by atoms with Gasteiger partial charge in [0.2, 0.25) is 0 Å². The molecular weight excluding hydrogens is 540 g/mol. The molecule has 0 saturated heterocycles. The SMILES string of the molecule is CC(C)CC(CCc1ccccc1)Nc1ccc(NC(CCc2ccccc2)CC(C)C)c2c1C(=O)c1ccccc1C2=O. The van der Waals surface area contributed by atoms with E-state index in [0.717, 1.165) is 49.9 Å². The van der Waals surface area contributed by atoms with E-state index in [0.29, 0.717) is 34.1 Å². The minimum Gasteiger partial charge on any atom is -0.382 e. The van der Waals surface area contributed by atoms with Crippen molar-refractivity contribution in [3.8, 4) is 0 Å². The molecule has 4 nitrogen and oxygen atoms in total. The molecule has 0 spiro atoms. The van der Waals surface area contributed by atoms with Crippen molar-refractivity contribution >= 4 is 22.9 Å². The summed E-state index contributed by atoms with van der Waals surface area (Å²) in [5.41, 5.74) is 6.07. The zero-order valence-corrected chi connectivity index (χ0v) is 26.6. The van der Waals surface area contributed by atoms with Crippen molar-refractivity contribution in [2.45, 2.75) is 78.3 Å². The number of hydrogen-bond donors (Lipinski definition) is 2. The third-order valence-corrected chi connectivity index (χ3v) is 8.56. The molecule has 0 saturated carbocycles. The number of anilines is 2. The summed E-state index contributed by atoms with van der Waals surface area (Å²) in [6.45, 7) is 8.92. The lowest BCUT2D eigenvalue weighted by molar-refractivity contribution is 0.0980. The monoisotopic (exact) mass is 586 g/mol. The molecule has 2 N–H and O–H groups in total. The summed E-state index contributed by atoms with van der Waals surface area (Å²) < 4.78 is 0. The van der Waals surface area contributed by atoms with Crippen LogP contribution >= 0.6 is 0 Å². The van der Waals surface area contributed by atoms with Gasteiger partial charge in [0.05, 0.1) is 11.1 Å². The largest absolute Gasteiger partial charge is 0.382 e. The summed E-state index contributed by atoms with van der Waals surface area (Å²) >= 11 is 0. The van der Waals surface area contributed by atoms with Crippen LogP contribution in [0.4, 0.5) is 11.4 Å². The first-order valence-electron chi connectivity index (χ1n) is 16.3. The predicted molar refractivity (Wildman–Crippen MR) is 183 cm³/mol. The van der Waals surface area contributed by atoms with E-state index < -0.39 is 0 Å². The Morgan fingerprint density at radius 1 is 0.500 bits per heavy atom. The fourth-order valence-electron chi connectivity index (χ4n) is 6.51. The van der Waals surface area contributed by atoms with E-state index in [4.69, 9.17) is 0 Å². The van der Waals surface area contributed by atoms with Crippen molar-refractivity contribution in [1.29, 1.82) is 0 Å². The molecule has 0 fully saturated rings. The van der Waals surface area contributed by atoms with Gasteiger partial charge in [-0.3, -0.25) is 9.59 Å². The van der Waals surface area contributed by atoms with E-state index in [9.17, 15) is 9.59 Å². The first kappa shape index (κ1) is 31.3. The molecule has 0 aromatic heterocycles. The first-order chi connectivity index (χ1) is 21.3. The summed E-state index contributed by atoms with van der Waals surface area (Å²) in [5.74, 6) is 0.800. The summed E-state index contributed by atoms with van der Waals surface area (Å²) in [6.07, 6.45) is 5.70. The highest BCUT2D eigenvalue weighted by Crippen LogP contribution is 2.38. The molecule has 5 rings (SSSR count). The second-order valence-corrected chi connectivity index (χ2v) is 13.1. The van der Waals surface area contributed by atoms with Crippen molar-refractivity contribution in [2.24, 2.45) is 11.8 Å². The number of rotatable bonds is 14. The standard InChI is InChI=1S/C40H46N2O2/c1-27(2)25-31(21-19-29-13-7-5-8-14-29)41-35-23-24-36(38-37(35)39(43)33-17-11-12-18-34(33)40(38)44)42-32(26-28(3)4)22-20-30-15-9-6-10-16-30/h5-18,23-24,27-28,31-32,41-42H,19-22,25-26H2,1-4H3. The minimum absolute atomic E-state index is 0.0857. The molecule has 1 aliphatic rings. The normalized spacial score (nSPS) is 13.9. The molecule has 2 atom stereocenters. The van der Waals surface area contributed by atoms with E-state index >= 15 is 0 Å². The maximum atomic E-state index is 14.2. The van der Waals surface area contributed by atoms with Gasteiger partial charge >= 0.3 is 0 Å². The van der Waals surface area contributed by atoms with Crippen LogP contribution in [0.25, 0.3) is 0 Å². The Bertz CT molecular complexity index is 1440. The third kappa shape index (κ3) is 7.66. The lowest BCUT2D eigenvalue weighted by Gasteiger charge is -2.29. The van der Waals surface area contributed by atoms with Gasteiger partial charge in [-0.1, -0.05) is 113 Å². The average molecular weight is 587 g/mol. The average Bonchev–Trinajstić information content (AvgIpc) is 3.02. The van der Waals surface area contributed by atoms with Gasteiger partial charge in [-0.05, 0) is 73.6 Å². The van der Waals surface area contributed by atoms with Crippen LogP contribution in [0.1, 0.15) is 96.3 Å². The Morgan fingerprint density at radius 2 is 0.864 bits per heavy atom. The summed E-state index contributed by atoms with van der Waals surface area (Å²) in [7, 11) is 0. The van der Waals surface area contributed by atoms with Crippen LogP contribution < -0.4 is 10.6 Å². The fourth-order valence-corrected chi connectivity index (χ4v) is 6.51. The molecule has 4 aromatic rings. The van der Waals surface area contributed by atoms with Crippen molar-refractivity contribution in [2.75, 3.05) is 10.6 Å². The van der Waals surface area contributed by atoms with Gasteiger partial charge in [-0.25, -0.2) is 0 Å². The molecule has 0 amide bonds. The van der Waals surface area contributed by atoms with E-state index in [2.05, 4.69) is 86.9 Å². The minimum atomic E-state index is -0.0857. The van der Waals surface area contributed by atoms with E-state index in [1.165, 1.54) is 11.1 Å². The first-order valence-corrected chi connectivity index (χ1v) is 16.3. The topological polar surface area (TPSA) is 58.2 Å². The number of carbonyl (C=O) groups is 2. The molecule has 0 bridgehead atoms. The smallest absolute Gasteiger partial charge is 0.196 e. The van der Waals surface area contributed by atoms with Crippen LogP contribution in [-0.2, 0) is 12.8 Å². The third-order valence-electron chi connectivity index (χ3n) is 8.56. The molecule has 4 aromatic carbocycles. The Balaban J connectivity index is 1.49. The van der Waals surface area contributed by atoms with Gasteiger partial charge in [0.25, 0.3) is 0 Å². The van der Waals surface area contributed by atoms with Gasteiger partial charge in [-0.2, -0.15) is 0 Å². The molecule has 2 unspecified atom stereocenters. The summed E-state index contributed by atoms with van der Waals surface area (Å²) in [5, 5.41) is 7.50. The molecule has 0 radical (unpaired) electrons. The van der Waals surface area contributed by atoms with Crippen LogP contribution in [0.5, 0.6) is 0 Å². The number of benzene rings is 4. The predicted octanol–water partition coefficient (Wildman–Crippen LogP) is 9.38. The zero-order valence-electron chi connectivity index (χ0n) is 26.6. The highest BCUT2D eigenvalue weighted by molar-refractivity contribution is 6.31. The van der Waals surface area contributed by atoms with Crippen molar-refractivity contribution in [1.82, 2.24) is 0 Å². The highest BCUT2D eigenvalue weighted by atomic mass is 16.1. The van der Waals surface area contributed by atoms with E-state index in [1.807, 2.05) is 36.4 Å². The Morgan fingerprint density at radius 3 is 1.23 bits per heavy atom. The molecule has 44 heavy (non-hydrogen) atoms. The van der Waals surface area contributed by atoms with Crippen LogP contribution in [-0.4, -0.2) is 23.7 Å². The summed E-state index contributed by atoms with van der Waals surface area (Å²) in [6, 6.07) is 32.7. The van der Waals surface area contributed by atoms with Crippen molar-refractivity contribution < 1.29 is 9.59 Å². The molecule has 228 valence electrons. The quantitative estimate of drug-likeness (QED) is 0.136. The van der Waals surface area contributed by atoms with Crippen molar-refractivity contribution in [3.05, 3.63) is 130 Å². The van der Waals surface area contributed by atoms with Crippen LogP contribution in [0, 0.1) is 11.8 Å². The maximum Gasteiger partial charge on any atom is 0.196 e. The number of hydrogen-bond acceptors (Lipinski definition) is 4. The molecule has 0 heterocycles. The lowest BCUT2D eigenvalue weighted by Crippen LogP contribution is -2.29. The lowest BCUT2D eigenvalue weighted by atomic mass is 9.81. The molecule has 0 aliphatic heterocycles. The maximum absolute atomic E-state index is 14.2. The van der Waals surface area contributed by atoms with Crippen LogP contribution in [0.3, 0.4) is 0 Å². The highest BCUT2D eigenvalue weighted by Gasteiger charge is 2.34. The van der Waals surface area contributed by atoms with Gasteiger partial charge in [-0.15, -0.1) is 0 Å². The number of aryl methyl sites for hydroxylation is 2. The summed E-state index contributed by atoms with van der Waals surface area (Å²) in [4.78, 5) is 28.3. The van der Waals surface area contributed by atoms with E-state index in [-0.39, 0.29) is 23.7 Å². The second kappa shape index (κ2) is 14.5. The molecular formula is C40H46N2O2. The van der Waals surface area contributed by atoms with Gasteiger partial charge in [0, 0.05) is 34.6 Å². The second-order valence-electron chi connectivity index (χ2n) is 13.1. The number of ketones is 2. The Kier molecular flexibility index (Phi) is 10.3. The van der Waals surface area contributed by atoms with Crippen LogP contribution in [0.2, 0.25) is 0 Å². The molecule has 4 heteroatoms. The van der Waals surface area contributed by atoms with Gasteiger partial charge in [0.15, 0.2) is 11.6 Å². The Hall–Kier alpha value is -4.18. The zero-order chi connectivity index (χ0) is 31.1. The number of nitrogens with one attached hydrogen (secondary N) is 2. The van der Waals surface area contributed by atoms with Crippen molar-refractivity contribution in [3.63, 3.8) is 0 Å². The van der Waals surface area contributed by atoms with Crippen LogP contribution in [0.15, 0.2) is 97.1 Å². The van der Waals surface area contributed by atoms with Gasteiger partial charge < -0.3 is 10.6 Å².